The molecule has 0 aromatic rings. The van der Waals surface area contributed by atoms with E-state index in [1.165, 1.54) is 6.42 Å². The molecule has 0 atom stereocenters. The summed E-state index contributed by atoms with van der Waals surface area (Å²) in [6, 6.07) is 0. The maximum Gasteiger partial charge on any atom is 4.00 e. The van der Waals surface area contributed by atoms with Crippen molar-refractivity contribution in [3.05, 3.63) is 6.92 Å². The molecule has 0 fully saturated rings. The van der Waals surface area contributed by atoms with Crippen molar-refractivity contribution in [1.29, 1.82) is 0 Å². The summed E-state index contributed by atoms with van der Waals surface area (Å²) in [6.07, 6.45) is 2.28. The summed E-state index contributed by atoms with van der Waals surface area (Å²) in [5.41, 5.74) is 0. The van der Waals surface area contributed by atoms with Gasteiger partial charge in [-0.05, 0) is 0 Å². The molecule has 0 radical (unpaired) electrons. The Labute approximate surface area is 48.8 Å². The second kappa shape index (κ2) is 8.83. The summed E-state index contributed by atoms with van der Waals surface area (Å²) in [5, 5.41) is 0. The molecule has 0 amide bonds. The summed E-state index contributed by atoms with van der Waals surface area (Å²) < 4.78 is 0. The summed E-state index contributed by atoms with van der Waals surface area (Å²) in [5.74, 6) is 0. The van der Waals surface area contributed by atoms with E-state index in [1.54, 1.807) is 0 Å². The van der Waals surface area contributed by atoms with Crippen molar-refractivity contribution >= 4 is 0 Å². The molecule has 0 bridgehead atoms. The molecule has 0 rings (SSSR count). The van der Waals surface area contributed by atoms with Gasteiger partial charge in [0.2, 0.25) is 0 Å². The van der Waals surface area contributed by atoms with Crippen LogP contribution in [0.15, 0.2) is 0 Å². The second-order valence-corrected chi connectivity index (χ2v) is 0.854. The zero-order chi connectivity index (χ0) is 3.41. The number of unbranched alkanes of at least 4 members (excludes halogenated alkanes) is 1. The van der Waals surface area contributed by atoms with Gasteiger partial charge in [-0.2, -0.15) is 6.42 Å². The van der Waals surface area contributed by atoms with Crippen molar-refractivity contribution in [1.82, 2.24) is 0 Å². The Bertz CT molecular complexity index is 5.61. The molecule has 0 aliphatic rings. The average Bonchev–Trinajstić information content (AvgIpc) is 1.37. The molecule has 0 spiro atoms. The van der Waals surface area contributed by atoms with Crippen molar-refractivity contribution in [3.63, 3.8) is 0 Å². The Hall–Kier alpha value is 0.714. The largest absolute Gasteiger partial charge is 4.00 e. The van der Waals surface area contributed by atoms with Crippen LogP contribution in [0.25, 0.3) is 0 Å². The van der Waals surface area contributed by atoms with Crippen LogP contribution < -0.4 is 0 Å². The smallest absolute Gasteiger partial charge is 0.343 e. The third-order valence-corrected chi connectivity index (χ3v) is 0.354. The fourth-order valence-corrected chi connectivity index (χ4v) is 0. The van der Waals surface area contributed by atoms with E-state index >= 15 is 0 Å². The van der Waals surface area contributed by atoms with Crippen molar-refractivity contribution in [2.24, 2.45) is 0 Å². The first kappa shape index (κ1) is 9.21. The van der Waals surface area contributed by atoms with Crippen LogP contribution in [0.4, 0.5) is 0 Å². The minimum atomic E-state index is 0. The number of hydrogen-bond acceptors (Lipinski definition) is 0. The fraction of sp³-hybridized carbons (Fsp3) is 0.750. The van der Waals surface area contributed by atoms with Crippen LogP contribution in [-0.4, -0.2) is 0 Å². The third kappa shape index (κ3) is 11.8. The van der Waals surface area contributed by atoms with Gasteiger partial charge in [-0.1, -0.05) is 13.3 Å². The first-order valence-corrected chi connectivity index (χ1v) is 1.71. The van der Waals surface area contributed by atoms with Crippen LogP contribution in [0.5, 0.6) is 0 Å². The summed E-state index contributed by atoms with van der Waals surface area (Å²) >= 11 is 0. The van der Waals surface area contributed by atoms with E-state index in [9.17, 15) is 0 Å². The SMILES string of the molecule is [CH2-]CCC.[Ti+4]. The summed E-state index contributed by atoms with van der Waals surface area (Å²) in [4.78, 5) is 0. The molecule has 0 N–H and O–H groups in total. The van der Waals surface area contributed by atoms with Gasteiger partial charge in [-0.3, -0.25) is 0 Å². The number of hydrogen-bond donors (Lipinski definition) is 0. The maximum absolute atomic E-state index is 3.60. The first-order chi connectivity index (χ1) is 1.91. The molecule has 0 nitrogen and oxygen atoms in total. The van der Waals surface area contributed by atoms with E-state index in [0.717, 1.165) is 6.42 Å². The molecule has 0 saturated heterocycles. The van der Waals surface area contributed by atoms with Gasteiger partial charge in [0.15, 0.2) is 0 Å². The van der Waals surface area contributed by atoms with Gasteiger partial charge in [0.1, 0.15) is 0 Å². The van der Waals surface area contributed by atoms with Crippen molar-refractivity contribution in [2.45, 2.75) is 19.8 Å². The van der Waals surface area contributed by atoms with Gasteiger partial charge in [-0.25, -0.2) is 0 Å². The third-order valence-electron chi connectivity index (χ3n) is 0.354. The Kier molecular flexibility index (Phi) is 16.3. The first-order valence-electron chi connectivity index (χ1n) is 1.71. The molecule has 26 valence electrons. The molecule has 0 aromatic carbocycles. The fourth-order valence-electron chi connectivity index (χ4n) is 0. The minimum absolute atomic E-state index is 0. The zero-order valence-electron chi connectivity index (χ0n) is 3.62. The predicted octanol–water partition coefficient (Wildman–Crippen LogP) is 1.62. The quantitative estimate of drug-likeness (QED) is 0.351. The molecular formula is C4H9Ti+3. The van der Waals surface area contributed by atoms with E-state index in [0.29, 0.717) is 0 Å². The van der Waals surface area contributed by atoms with E-state index in [2.05, 4.69) is 13.8 Å². The maximum atomic E-state index is 3.60. The second-order valence-electron chi connectivity index (χ2n) is 0.854. The normalized spacial score (nSPS) is 6.00. The van der Waals surface area contributed by atoms with Gasteiger partial charge in [0.25, 0.3) is 0 Å². The van der Waals surface area contributed by atoms with Crippen molar-refractivity contribution < 1.29 is 21.7 Å². The molecule has 0 heterocycles. The Morgan fingerprint density at radius 3 is 1.80 bits per heavy atom. The zero-order valence-corrected chi connectivity index (χ0v) is 5.18. The molecule has 0 saturated carbocycles. The minimum Gasteiger partial charge on any atom is -0.343 e. The molecule has 5 heavy (non-hydrogen) atoms. The van der Waals surface area contributed by atoms with Crippen molar-refractivity contribution in [3.8, 4) is 0 Å². The topological polar surface area (TPSA) is 0 Å². The van der Waals surface area contributed by atoms with Crippen LogP contribution in [0, 0.1) is 6.92 Å². The van der Waals surface area contributed by atoms with Gasteiger partial charge in [0.05, 0.1) is 0 Å². The molecule has 0 aliphatic carbocycles. The van der Waals surface area contributed by atoms with Crippen LogP contribution >= 0.6 is 0 Å². The van der Waals surface area contributed by atoms with Gasteiger partial charge in [0, 0.05) is 0 Å². The van der Waals surface area contributed by atoms with Crippen LogP contribution in [0.2, 0.25) is 0 Å². The molecule has 0 aromatic heterocycles. The van der Waals surface area contributed by atoms with Gasteiger partial charge >= 0.3 is 21.7 Å². The van der Waals surface area contributed by atoms with E-state index < -0.39 is 0 Å². The predicted molar refractivity (Wildman–Crippen MR) is 20.3 cm³/mol. The molecule has 0 aliphatic heterocycles. The molecular weight excluding hydrogens is 95.9 g/mol. The van der Waals surface area contributed by atoms with E-state index in [1.807, 2.05) is 0 Å². The molecule has 1 heteroatoms. The molecule has 0 unspecified atom stereocenters. The summed E-state index contributed by atoms with van der Waals surface area (Å²) in [6.45, 7) is 5.72. The van der Waals surface area contributed by atoms with Gasteiger partial charge < -0.3 is 6.92 Å². The van der Waals surface area contributed by atoms with Crippen molar-refractivity contribution in [2.75, 3.05) is 0 Å². The average molecular weight is 105 g/mol. The van der Waals surface area contributed by atoms with Gasteiger partial charge in [-0.15, -0.1) is 0 Å². The summed E-state index contributed by atoms with van der Waals surface area (Å²) in [7, 11) is 0. The van der Waals surface area contributed by atoms with Crippen LogP contribution in [-0.2, 0) is 21.7 Å². The number of rotatable bonds is 1. The van der Waals surface area contributed by atoms with Crippen LogP contribution in [0.1, 0.15) is 19.8 Å². The Morgan fingerprint density at radius 2 is 1.80 bits per heavy atom. The Balaban J connectivity index is 0. The van der Waals surface area contributed by atoms with E-state index in [4.69, 9.17) is 0 Å². The van der Waals surface area contributed by atoms with E-state index in [-0.39, 0.29) is 21.7 Å². The monoisotopic (exact) mass is 105 g/mol. The van der Waals surface area contributed by atoms with Crippen LogP contribution in [0.3, 0.4) is 0 Å². The standard InChI is InChI=1S/C4H9.Ti/c1-3-4-2;/h1,3-4H2,2H3;/q-1;+4. The Morgan fingerprint density at radius 1 is 1.60 bits per heavy atom.